The maximum Gasteiger partial charge on any atom is 0.251 e. The van der Waals surface area contributed by atoms with Crippen molar-refractivity contribution in [2.45, 2.75) is 32.5 Å². The molecule has 37 heavy (non-hydrogen) atoms. The second kappa shape index (κ2) is 10.4. The van der Waals surface area contributed by atoms with E-state index in [0.717, 1.165) is 33.5 Å². The molecule has 1 aliphatic rings. The van der Waals surface area contributed by atoms with Crippen molar-refractivity contribution in [2.24, 2.45) is 4.99 Å². The maximum absolute atomic E-state index is 13.9. The van der Waals surface area contributed by atoms with E-state index in [2.05, 4.69) is 20.9 Å². The highest BCUT2D eigenvalue weighted by Gasteiger charge is 2.20. The van der Waals surface area contributed by atoms with Crippen LogP contribution in [0.25, 0.3) is 11.1 Å². The second-order valence-corrected chi connectivity index (χ2v) is 10.1. The highest BCUT2D eigenvalue weighted by molar-refractivity contribution is 9.10. The Kier molecular flexibility index (Phi) is 7.04. The van der Waals surface area contributed by atoms with Gasteiger partial charge in [-0.15, -0.1) is 0 Å². The highest BCUT2D eigenvalue weighted by Crippen LogP contribution is 2.29. The van der Waals surface area contributed by atoms with Crippen molar-refractivity contribution in [1.29, 1.82) is 0 Å². The number of pyridine rings is 2. The largest absolute Gasteiger partial charge is 0.475 e. The van der Waals surface area contributed by atoms with E-state index in [-0.39, 0.29) is 18.3 Å². The van der Waals surface area contributed by atoms with E-state index in [1.54, 1.807) is 18.5 Å². The Labute approximate surface area is 222 Å². The van der Waals surface area contributed by atoms with Gasteiger partial charge in [0.2, 0.25) is 5.88 Å². The molecule has 0 saturated carbocycles. The molecule has 0 fully saturated rings. The molecule has 2 aromatic carbocycles. The van der Waals surface area contributed by atoms with E-state index in [1.165, 1.54) is 22.8 Å². The number of benzene rings is 2. The van der Waals surface area contributed by atoms with Crippen LogP contribution < -0.4 is 10.3 Å². The van der Waals surface area contributed by atoms with Gasteiger partial charge in [0.05, 0.1) is 31.0 Å². The van der Waals surface area contributed by atoms with E-state index < -0.39 is 11.9 Å². The number of ether oxygens (including phenoxy) is 1. The van der Waals surface area contributed by atoms with E-state index in [0.29, 0.717) is 22.5 Å². The van der Waals surface area contributed by atoms with Crippen LogP contribution in [0.2, 0.25) is 0 Å². The number of aliphatic hydroxyl groups excluding tert-OH is 1. The van der Waals surface area contributed by atoms with Crippen molar-refractivity contribution in [3.63, 3.8) is 0 Å². The summed E-state index contributed by atoms with van der Waals surface area (Å²) in [5, 5.41) is 10.0. The summed E-state index contributed by atoms with van der Waals surface area (Å²) < 4.78 is 21.5. The molecule has 1 N–H and O–H groups in total. The standard InChI is InChI=1S/C29H25BrFN3O3/c1-17(2)37-27-6-5-21(15-32-27)29-25-11-18(3-4-20(25)14-33-29)19-7-8-34(28(36)12-19)26(16-35)22-9-23(30)13-24(31)10-22/h3-13,15,17,26,35H,14,16H2,1-2H3/t26-/m1/s1. The minimum atomic E-state index is -0.706. The van der Waals surface area contributed by atoms with Crippen molar-refractivity contribution in [1.82, 2.24) is 9.55 Å². The molecule has 1 atom stereocenters. The lowest BCUT2D eigenvalue weighted by atomic mass is 9.96. The predicted molar refractivity (Wildman–Crippen MR) is 145 cm³/mol. The molecule has 1 aliphatic heterocycles. The Bertz CT molecular complexity index is 1530. The van der Waals surface area contributed by atoms with Crippen LogP contribution in [0.3, 0.4) is 0 Å². The van der Waals surface area contributed by atoms with Gasteiger partial charge in [0.25, 0.3) is 5.56 Å². The van der Waals surface area contributed by atoms with E-state index >= 15 is 0 Å². The van der Waals surface area contributed by atoms with Gasteiger partial charge in [-0.05, 0) is 72.5 Å². The summed E-state index contributed by atoms with van der Waals surface area (Å²) >= 11 is 3.27. The van der Waals surface area contributed by atoms with Gasteiger partial charge >= 0.3 is 0 Å². The smallest absolute Gasteiger partial charge is 0.251 e. The van der Waals surface area contributed by atoms with Crippen LogP contribution >= 0.6 is 15.9 Å². The predicted octanol–water partition coefficient (Wildman–Crippen LogP) is 5.53. The zero-order chi connectivity index (χ0) is 26.1. The van der Waals surface area contributed by atoms with Crippen LogP contribution in [-0.4, -0.2) is 33.1 Å². The number of nitrogens with zero attached hydrogens (tertiary/aromatic N) is 3. The van der Waals surface area contributed by atoms with Gasteiger partial charge in [0.1, 0.15) is 5.82 Å². The van der Waals surface area contributed by atoms with Crippen molar-refractivity contribution in [2.75, 3.05) is 6.61 Å². The van der Waals surface area contributed by atoms with Crippen LogP contribution in [0.15, 0.2) is 87.3 Å². The fourth-order valence-electron chi connectivity index (χ4n) is 4.49. The molecule has 0 spiro atoms. The highest BCUT2D eigenvalue weighted by atomic mass is 79.9. The van der Waals surface area contributed by atoms with E-state index in [4.69, 9.17) is 9.73 Å². The van der Waals surface area contributed by atoms with Crippen molar-refractivity contribution in [3.8, 4) is 17.0 Å². The molecule has 0 unspecified atom stereocenters. The molecule has 0 saturated heterocycles. The lowest BCUT2D eigenvalue weighted by Crippen LogP contribution is -2.27. The zero-order valence-corrected chi connectivity index (χ0v) is 21.9. The third-order valence-corrected chi connectivity index (χ3v) is 6.66. The molecule has 6 nitrogen and oxygen atoms in total. The van der Waals surface area contributed by atoms with E-state index in [9.17, 15) is 14.3 Å². The van der Waals surface area contributed by atoms with Crippen molar-refractivity contribution < 1.29 is 14.2 Å². The minimum Gasteiger partial charge on any atom is -0.475 e. The first kappa shape index (κ1) is 25.0. The van der Waals surface area contributed by atoms with Crippen LogP contribution in [0.5, 0.6) is 5.88 Å². The Morgan fingerprint density at radius 2 is 1.84 bits per heavy atom. The molecule has 0 aliphatic carbocycles. The topological polar surface area (TPSA) is 76.7 Å². The summed E-state index contributed by atoms with van der Waals surface area (Å²) in [4.78, 5) is 22.2. The first-order chi connectivity index (χ1) is 17.8. The lowest BCUT2D eigenvalue weighted by molar-refractivity contribution is 0.232. The van der Waals surface area contributed by atoms with Gasteiger partial charge in [-0.25, -0.2) is 9.37 Å². The number of aromatic nitrogens is 2. The molecule has 0 radical (unpaired) electrons. The second-order valence-electron chi connectivity index (χ2n) is 9.15. The number of hydrogen-bond donors (Lipinski definition) is 1. The minimum absolute atomic E-state index is 0.0457. The number of hydrogen-bond acceptors (Lipinski definition) is 5. The molecular formula is C29H25BrFN3O3. The summed E-state index contributed by atoms with van der Waals surface area (Å²) in [7, 11) is 0. The summed E-state index contributed by atoms with van der Waals surface area (Å²) in [5.41, 5.74) is 5.67. The third-order valence-electron chi connectivity index (χ3n) is 6.20. The average Bonchev–Trinajstić information content (AvgIpc) is 3.28. The third kappa shape index (κ3) is 5.26. The molecule has 0 amide bonds. The van der Waals surface area contributed by atoms with Crippen molar-refractivity contribution in [3.05, 3.63) is 116 Å². The Morgan fingerprint density at radius 1 is 1.05 bits per heavy atom. The number of fused-ring (bicyclic) bond motifs is 1. The van der Waals surface area contributed by atoms with E-state index in [1.807, 2.05) is 50.2 Å². The Morgan fingerprint density at radius 3 is 2.51 bits per heavy atom. The van der Waals surface area contributed by atoms with Crippen LogP contribution in [0.4, 0.5) is 4.39 Å². The van der Waals surface area contributed by atoms with Gasteiger partial charge in [0.15, 0.2) is 0 Å². The molecule has 3 heterocycles. The van der Waals surface area contributed by atoms with Gasteiger partial charge in [-0.3, -0.25) is 9.79 Å². The fraction of sp³-hybridized carbons (Fsp3) is 0.207. The Balaban J connectivity index is 1.45. The van der Waals surface area contributed by atoms with Crippen LogP contribution in [0, 0.1) is 5.82 Å². The molecule has 188 valence electrons. The molecule has 5 rings (SSSR count). The fourth-order valence-corrected chi connectivity index (χ4v) is 4.97. The SMILES string of the molecule is CC(C)Oc1ccc(C2=NCc3ccc(-c4ccn([C@H](CO)c5cc(F)cc(Br)c5)c(=O)c4)cc32)cn1. The number of rotatable bonds is 7. The molecular weight excluding hydrogens is 537 g/mol. The van der Waals surface area contributed by atoms with Crippen LogP contribution in [0.1, 0.15) is 42.1 Å². The van der Waals surface area contributed by atoms with Crippen LogP contribution in [-0.2, 0) is 6.54 Å². The molecule has 8 heteroatoms. The Hall–Kier alpha value is -3.62. The maximum atomic E-state index is 13.9. The molecule has 0 bridgehead atoms. The number of halogens is 2. The quantitative estimate of drug-likeness (QED) is 0.322. The first-order valence-corrected chi connectivity index (χ1v) is 12.7. The number of aliphatic hydroxyl groups is 1. The molecule has 4 aromatic rings. The number of aliphatic imine (C=N–C) groups is 1. The summed E-state index contributed by atoms with van der Waals surface area (Å²) in [6, 6.07) is 16.8. The van der Waals surface area contributed by atoms with Gasteiger partial charge in [-0.2, -0.15) is 0 Å². The first-order valence-electron chi connectivity index (χ1n) is 11.9. The normalized spacial score (nSPS) is 13.4. The van der Waals surface area contributed by atoms with Gasteiger partial charge in [0, 0.05) is 40.1 Å². The summed E-state index contributed by atoms with van der Waals surface area (Å²) in [5.74, 6) is 0.124. The van der Waals surface area contributed by atoms with Gasteiger partial charge in [-0.1, -0.05) is 28.1 Å². The average molecular weight is 562 g/mol. The monoisotopic (exact) mass is 561 g/mol. The molecule has 2 aromatic heterocycles. The van der Waals surface area contributed by atoms with Gasteiger partial charge < -0.3 is 14.4 Å². The summed E-state index contributed by atoms with van der Waals surface area (Å²) in [6.45, 7) is 4.15. The summed E-state index contributed by atoms with van der Waals surface area (Å²) in [6.07, 6.45) is 3.44. The zero-order valence-electron chi connectivity index (χ0n) is 20.4. The lowest BCUT2D eigenvalue weighted by Gasteiger charge is -2.19. The van der Waals surface area contributed by atoms with Crippen molar-refractivity contribution >= 4 is 21.6 Å².